The summed E-state index contributed by atoms with van der Waals surface area (Å²) in [6.45, 7) is 0.606. The smallest absolute Gasteiger partial charge is 0.298 e. The van der Waals surface area contributed by atoms with Crippen LogP contribution < -0.4 is 0 Å². The molecule has 3 rings (SSSR count). The van der Waals surface area contributed by atoms with Crippen molar-refractivity contribution in [1.82, 2.24) is 9.88 Å². The number of hydrogen-bond donors (Lipinski definition) is 0. The number of hydrogen-bond acceptors (Lipinski definition) is 3. The second-order valence-electron chi connectivity index (χ2n) is 6.36. The minimum absolute atomic E-state index is 0.221. The molecule has 1 saturated heterocycles. The van der Waals surface area contributed by atoms with Crippen molar-refractivity contribution in [3.63, 3.8) is 0 Å². The molecule has 2 aromatic rings. The molecule has 140 valence electrons. The summed E-state index contributed by atoms with van der Waals surface area (Å²) in [6, 6.07) is 5.68. The zero-order valence-corrected chi connectivity index (χ0v) is 14.4. The van der Waals surface area contributed by atoms with Gasteiger partial charge in [-0.2, -0.15) is 13.2 Å². The van der Waals surface area contributed by atoms with Crippen LogP contribution in [0.1, 0.15) is 16.7 Å². The first-order valence-electron chi connectivity index (χ1n) is 8.15. The Labute approximate surface area is 153 Å². The molecule has 0 N–H and O–H groups in total. The maximum Gasteiger partial charge on any atom is 0.416 e. The van der Waals surface area contributed by atoms with Gasteiger partial charge in [0.1, 0.15) is 5.82 Å². The molecule has 0 atom stereocenters. The van der Waals surface area contributed by atoms with Gasteiger partial charge in [0.2, 0.25) is 0 Å². The lowest BCUT2D eigenvalue weighted by Gasteiger charge is -2.26. The summed E-state index contributed by atoms with van der Waals surface area (Å²) >= 11 is 0. The molecule has 0 aliphatic carbocycles. The van der Waals surface area contributed by atoms with E-state index in [4.69, 9.17) is 0 Å². The highest BCUT2D eigenvalue weighted by atomic mass is 19.4. The van der Waals surface area contributed by atoms with Crippen molar-refractivity contribution in [2.45, 2.75) is 6.18 Å². The quantitative estimate of drug-likeness (QED) is 0.581. The number of carbonyl (C=O) groups is 1. The highest BCUT2D eigenvalue weighted by molar-refractivity contribution is 6.14. The number of aromatic nitrogens is 1. The number of piperidine rings is 1. The first-order valence-corrected chi connectivity index (χ1v) is 8.15. The standard InChI is InChI=1S/C20H16F4N2O/c1-26-11-15(7-13-3-2-6-25-10-13)19(27)16(12-26)8-14-9-17(20(22,23)24)4-5-18(14)21/h2-10H,11-12H2,1H3/b15-7?,16-8+. The van der Waals surface area contributed by atoms with Crippen LogP contribution in [-0.2, 0) is 11.0 Å². The van der Waals surface area contributed by atoms with Gasteiger partial charge in [-0.3, -0.25) is 14.7 Å². The minimum atomic E-state index is -4.58. The number of likely N-dealkylation sites (N-methyl/N-ethyl adjacent to an activating group) is 1. The second-order valence-corrected chi connectivity index (χ2v) is 6.36. The third kappa shape index (κ3) is 4.49. The number of Topliss-reactive ketones (excluding diaryl/α,β-unsaturated/α-hetero) is 1. The largest absolute Gasteiger partial charge is 0.416 e. The van der Waals surface area contributed by atoms with Crippen molar-refractivity contribution < 1.29 is 22.4 Å². The Balaban J connectivity index is 1.99. The monoisotopic (exact) mass is 376 g/mol. The van der Waals surface area contributed by atoms with Crippen LogP contribution in [0.5, 0.6) is 0 Å². The number of alkyl halides is 3. The number of likely N-dealkylation sites (tertiary alicyclic amines) is 1. The maximum atomic E-state index is 14.0. The minimum Gasteiger partial charge on any atom is -0.298 e. The van der Waals surface area contributed by atoms with Crippen molar-refractivity contribution >= 4 is 17.9 Å². The molecule has 1 aromatic heterocycles. The fraction of sp³-hybridized carbons (Fsp3) is 0.200. The Morgan fingerprint density at radius 1 is 1.11 bits per heavy atom. The van der Waals surface area contributed by atoms with Gasteiger partial charge in [0, 0.05) is 42.2 Å². The molecule has 3 nitrogen and oxygen atoms in total. The van der Waals surface area contributed by atoms with Gasteiger partial charge < -0.3 is 0 Å². The van der Waals surface area contributed by atoms with Crippen LogP contribution in [0.15, 0.2) is 53.9 Å². The summed E-state index contributed by atoms with van der Waals surface area (Å²) in [5.74, 6) is -1.12. The summed E-state index contributed by atoms with van der Waals surface area (Å²) in [5.41, 5.74) is 0.218. The zero-order chi connectivity index (χ0) is 19.6. The Morgan fingerprint density at radius 2 is 1.81 bits per heavy atom. The summed E-state index contributed by atoms with van der Waals surface area (Å²) in [5, 5.41) is 0. The Morgan fingerprint density at radius 3 is 2.44 bits per heavy atom. The van der Waals surface area contributed by atoms with Crippen LogP contribution in [0.3, 0.4) is 0 Å². The molecule has 1 aliphatic heterocycles. The molecular formula is C20H16F4N2O. The van der Waals surface area contributed by atoms with E-state index in [1.807, 2.05) is 4.90 Å². The summed E-state index contributed by atoms with van der Waals surface area (Å²) in [7, 11) is 1.78. The van der Waals surface area contributed by atoms with E-state index in [-0.39, 0.29) is 23.5 Å². The molecule has 1 aromatic carbocycles. The predicted octanol–water partition coefficient (Wildman–Crippen LogP) is 4.22. The normalized spacial score (nSPS) is 19.1. The molecule has 0 spiro atoms. The van der Waals surface area contributed by atoms with Gasteiger partial charge in [0.15, 0.2) is 5.78 Å². The number of halogens is 4. The van der Waals surface area contributed by atoms with Crippen molar-refractivity contribution in [2.75, 3.05) is 20.1 Å². The number of nitrogens with zero attached hydrogens (tertiary/aromatic N) is 2. The number of carbonyl (C=O) groups excluding carboxylic acids is 1. The van der Waals surface area contributed by atoms with Gasteiger partial charge in [-0.1, -0.05) is 6.07 Å². The average molecular weight is 376 g/mol. The molecule has 0 unspecified atom stereocenters. The third-order valence-electron chi connectivity index (χ3n) is 4.14. The Kier molecular flexibility index (Phi) is 5.23. The van der Waals surface area contributed by atoms with E-state index in [2.05, 4.69) is 4.98 Å². The molecule has 0 bridgehead atoms. The molecule has 7 heteroatoms. The van der Waals surface area contributed by atoms with E-state index in [0.717, 1.165) is 11.6 Å². The topological polar surface area (TPSA) is 33.2 Å². The highest BCUT2D eigenvalue weighted by Gasteiger charge is 2.31. The van der Waals surface area contributed by atoms with Crippen LogP contribution in [0, 0.1) is 5.82 Å². The molecular weight excluding hydrogens is 360 g/mol. The zero-order valence-electron chi connectivity index (χ0n) is 14.4. The van der Waals surface area contributed by atoms with E-state index in [9.17, 15) is 22.4 Å². The van der Waals surface area contributed by atoms with Gasteiger partial charge >= 0.3 is 6.18 Å². The first kappa shape index (κ1) is 19.0. The van der Waals surface area contributed by atoms with Crippen LogP contribution >= 0.6 is 0 Å². The van der Waals surface area contributed by atoms with Gasteiger partial charge in [0.25, 0.3) is 0 Å². The predicted molar refractivity (Wildman–Crippen MR) is 94.1 cm³/mol. The van der Waals surface area contributed by atoms with Crippen molar-refractivity contribution in [1.29, 1.82) is 0 Å². The second kappa shape index (κ2) is 7.44. The van der Waals surface area contributed by atoms with Gasteiger partial charge in [-0.25, -0.2) is 4.39 Å². The number of rotatable bonds is 2. The van der Waals surface area contributed by atoms with E-state index in [0.29, 0.717) is 24.3 Å². The van der Waals surface area contributed by atoms with Crippen molar-refractivity contribution in [2.24, 2.45) is 0 Å². The molecule has 0 radical (unpaired) electrons. The lowest BCUT2D eigenvalue weighted by molar-refractivity contribution is -0.137. The van der Waals surface area contributed by atoms with Crippen LogP contribution in [0.25, 0.3) is 12.2 Å². The van der Waals surface area contributed by atoms with E-state index >= 15 is 0 Å². The van der Waals surface area contributed by atoms with Crippen molar-refractivity contribution in [3.05, 3.63) is 76.4 Å². The fourth-order valence-electron chi connectivity index (χ4n) is 2.89. The fourth-order valence-corrected chi connectivity index (χ4v) is 2.89. The van der Waals surface area contributed by atoms with Crippen LogP contribution in [0.4, 0.5) is 17.6 Å². The van der Waals surface area contributed by atoms with Crippen molar-refractivity contribution in [3.8, 4) is 0 Å². The van der Waals surface area contributed by atoms with Gasteiger partial charge in [0.05, 0.1) is 5.56 Å². The first-order chi connectivity index (χ1) is 12.7. The molecule has 2 heterocycles. The summed E-state index contributed by atoms with van der Waals surface area (Å²) in [6.07, 6.45) is 1.50. The van der Waals surface area contributed by atoms with Crippen LogP contribution in [-0.4, -0.2) is 35.8 Å². The van der Waals surface area contributed by atoms with Crippen LogP contribution in [0.2, 0.25) is 0 Å². The lowest BCUT2D eigenvalue weighted by Crippen LogP contribution is -2.34. The number of ketones is 1. The Bertz CT molecular complexity index is 917. The molecule has 0 amide bonds. The molecule has 0 saturated carbocycles. The van der Waals surface area contributed by atoms with E-state index in [1.165, 1.54) is 6.08 Å². The van der Waals surface area contributed by atoms with E-state index in [1.54, 1.807) is 37.7 Å². The Hall–Kier alpha value is -2.80. The third-order valence-corrected chi connectivity index (χ3v) is 4.14. The highest BCUT2D eigenvalue weighted by Crippen LogP contribution is 2.31. The van der Waals surface area contributed by atoms with E-state index < -0.39 is 17.6 Å². The number of benzene rings is 1. The maximum absolute atomic E-state index is 14.0. The summed E-state index contributed by atoms with van der Waals surface area (Å²) in [4.78, 5) is 18.6. The molecule has 27 heavy (non-hydrogen) atoms. The van der Waals surface area contributed by atoms with Gasteiger partial charge in [-0.05, 0) is 49.0 Å². The van der Waals surface area contributed by atoms with Gasteiger partial charge in [-0.15, -0.1) is 0 Å². The lowest BCUT2D eigenvalue weighted by atomic mass is 9.94. The average Bonchev–Trinajstić information content (AvgIpc) is 2.60. The SMILES string of the molecule is CN1CC(=Cc2cccnc2)C(=O)/C(=C/c2cc(C(F)(F)F)ccc2F)C1. The molecule has 1 aliphatic rings. The molecule has 1 fully saturated rings. The summed E-state index contributed by atoms with van der Waals surface area (Å²) < 4.78 is 52.7. The number of pyridine rings is 1.